The van der Waals surface area contributed by atoms with E-state index in [-0.39, 0.29) is 6.04 Å². The lowest BCUT2D eigenvalue weighted by molar-refractivity contribution is -0.624. The van der Waals surface area contributed by atoms with Gasteiger partial charge in [-0.05, 0) is 19.8 Å². The molecule has 0 aliphatic rings. The zero-order chi connectivity index (χ0) is 9.94. The van der Waals surface area contributed by atoms with Gasteiger partial charge in [0, 0.05) is 0 Å². The third kappa shape index (κ3) is 9.84. The SMILES string of the molecule is CCCCCCCCCC(C)[NH2+][O-]. The second-order valence-corrected chi connectivity index (χ2v) is 4.02. The molecule has 0 aromatic rings. The zero-order valence-electron chi connectivity index (χ0n) is 9.22. The van der Waals surface area contributed by atoms with Gasteiger partial charge < -0.3 is 10.7 Å². The number of unbranched alkanes of at least 4 members (excludes halogenated alkanes) is 6. The Morgan fingerprint density at radius 2 is 1.54 bits per heavy atom. The largest absolute Gasteiger partial charge is 0.636 e. The van der Waals surface area contributed by atoms with E-state index in [0.29, 0.717) is 0 Å². The van der Waals surface area contributed by atoms with Gasteiger partial charge in [0.15, 0.2) is 0 Å². The molecule has 0 aliphatic heterocycles. The van der Waals surface area contributed by atoms with Crippen LogP contribution in [-0.4, -0.2) is 6.04 Å². The van der Waals surface area contributed by atoms with Gasteiger partial charge in [-0.25, -0.2) is 0 Å². The van der Waals surface area contributed by atoms with E-state index in [1.807, 2.05) is 6.92 Å². The van der Waals surface area contributed by atoms with Gasteiger partial charge in [-0.1, -0.05) is 45.4 Å². The van der Waals surface area contributed by atoms with Gasteiger partial charge in [-0.3, -0.25) is 0 Å². The van der Waals surface area contributed by atoms with Crippen molar-refractivity contribution in [3.05, 3.63) is 5.21 Å². The molecule has 2 nitrogen and oxygen atoms in total. The summed E-state index contributed by atoms with van der Waals surface area (Å²) in [6.45, 7) is 4.25. The van der Waals surface area contributed by atoms with Crippen molar-refractivity contribution >= 4 is 0 Å². The van der Waals surface area contributed by atoms with E-state index < -0.39 is 0 Å². The Morgan fingerprint density at radius 3 is 2.08 bits per heavy atom. The number of nitrogens with two attached hydrogens (primary N) is 1. The number of hydrogen-bond acceptors (Lipinski definition) is 1. The molecule has 1 atom stereocenters. The van der Waals surface area contributed by atoms with Crippen LogP contribution in [-0.2, 0) is 0 Å². The molecule has 13 heavy (non-hydrogen) atoms. The number of quaternary nitrogens is 1. The van der Waals surface area contributed by atoms with Gasteiger partial charge in [-0.15, -0.1) is 0 Å². The quantitative estimate of drug-likeness (QED) is 0.437. The van der Waals surface area contributed by atoms with E-state index >= 15 is 0 Å². The van der Waals surface area contributed by atoms with Crippen molar-refractivity contribution in [1.29, 1.82) is 0 Å². The summed E-state index contributed by atoms with van der Waals surface area (Å²) in [6.07, 6.45) is 10.4. The Labute approximate surface area is 82.7 Å². The monoisotopic (exact) mass is 187 g/mol. The molecule has 0 fully saturated rings. The first-order valence-corrected chi connectivity index (χ1v) is 5.76. The molecule has 0 heterocycles. The van der Waals surface area contributed by atoms with Gasteiger partial charge in [0.2, 0.25) is 0 Å². The van der Waals surface area contributed by atoms with Crippen LogP contribution in [0.25, 0.3) is 0 Å². The molecule has 0 bridgehead atoms. The molecular formula is C11H25NO. The summed E-state index contributed by atoms with van der Waals surface area (Å²) in [5.74, 6) is 0. The van der Waals surface area contributed by atoms with Gasteiger partial charge in [0.1, 0.15) is 0 Å². The van der Waals surface area contributed by atoms with E-state index in [9.17, 15) is 5.21 Å². The van der Waals surface area contributed by atoms with Gasteiger partial charge in [0.05, 0.1) is 6.04 Å². The fourth-order valence-corrected chi connectivity index (χ4v) is 1.49. The summed E-state index contributed by atoms with van der Waals surface area (Å²) < 4.78 is 0. The molecule has 80 valence electrons. The second kappa shape index (κ2) is 10.0. The molecule has 2 heteroatoms. The van der Waals surface area contributed by atoms with Crippen LogP contribution in [0.4, 0.5) is 0 Å². The summed E-state index contributed by atoms with van der Waals surface area (Å²) in [7, 11) is 0. The highest BCUT2D eigenvalue weighted by Crippen LogP contribution is 2.08. The average molecular weight is 187 g/mol. The average Bonchev–Trinajstić information content (AvgIpc) is 2.16. The van der Waals surface area contributed by atoms with Crippen molar-refractivity contribution in [3.63, 3.8) is 0 Å². The lowest BCUT2D eigenvalue weighted by atomic mass is 10.1. The fourth-order valence-electron chi connectivity index (χ4n) is 1.49. The maximum absolute atomic E-state index is 10.3. The van der Waals surface area contributed by atoms with Crippen LogP contribution in [0.1, 0.15) is 65.2 Å². The Kier molecular flexibility index (Phi) is 9.94. The lowest BCUT2D eigenvalue weighted by Gasteiger charge is -2.11. The topological polar surface area (TPSA) is 39.7 Å². The van der Waals surface area contributed by atoms with E-state index in [2.05, 4.69) is 6.92 Å². The first-order valence-electron chi connectivity index (χ1n) is 5.76. The molecule has 1 unspecified atom stereocenters. The Bertz CT molecular complexity index is 96.1. The molecule has 0 saturated heterocycles. The van der Waals surface area contributed by atoms with Crippen molar-refractivity contribution in [2.24, 2.45) is 0 Å². The minimum absolute atomic E-state index is 0.274. The van der Waals surface area contributed by atoms with Crippen molar-refractivity contribution in [3.8, 4) is 0 Å². The van der Waals surface area contributed by atoms with Crippen molar-refractivity contribution in [2.75, 3.05) is 0 Å². The smallest absolute Gasteiger partial charge is 0.0827 e. The van der Waals surface area contributed by atoms with Crippen molar-refractivity contribution in [2.45, 2.75) is 71.3 Å². The van der Waals surface area contributed by atoms with Gasteiger partial charge in [0.25, 0.3) is 0 Å². The third-order valence-electron chi connectivity index (χ3n) is 2.50. The first-order chi connectivity index (χ1) is 6.31. The number of rotatable bonds is 9. The van der Waals surface area contributed by atoms with Crippen LogP contribution in [0.5, 0.6) is 0 Å². The van der Waals surface area contributed by atoms with Crippen LogP contribution in [0.2, 0.25) is 0 Å². The number of hydroxylamine groups is 1. The molecule has 0 rings (SSSR count). The van der Waals surface area contributed by atoms with Crippen LogP contribution < -0.4 is 5.48 Å². The molecule has 0 aliphatic carbocycles. The zero-order valence-corrected chi connectivity index (χ0v) is 9.22. The molecule has 0 aromatic heterocycles. The normalized spacial score (nSPS) is 13.2. The Morgan fingerprint density at radius 1 is 1.00 bits per heavy atom. The molecular weight excluding hydrogens is 162 g/mol. The fraction of sp³-hybridized carbons (Fsp3) is 1.00. The lowest BCUT2D eigenvalue weighted by Crippen LogP contribution is -2.83. The van der Waals surface area contributed by atoms with Crippen LogP contribution in [0, 0.1) is 5.21 Å². The predicted molar refractivity (Wildman–Crippen MR) is 57.4 cm³/mol. The van der Waals surface area contributed by atoms with E-state index in [4.69, 9.17) is 0 Å². The summed E-state index contributed by atoms with van der Waals surface area (Å²) in [4.78, 5) is 0. The molecule has 0 aromatic carbocycles. The maximum atomic E-state index is 10.3. The summed E-state index contributed by atoms with van der Waals surface area (Å²) in [5, 5.41) is 10.3. The first kappa shape index (κ1) is 12.9. The Balaban J connectivity index is 2.91. The second-order valence-electron chi connectivity index (χ2n) is 4.02. The minimum atomic E-state index is 0.274. The van der Waals surface area contributed by atoms with Crippen LogP contribution >= 0.6 is 0 Å². The summed E-state index contributed by atoms with van der Waals surface area (Å²) >= 11 is 0. The van der Waals surface area contributed by atoms with Crippen molar-refractivity contribution < 1.29 is 5.48 Å². The van der Waals surface area contributed by atoms with E-state index in [1.54, 1.807) is 0 Å². The van der Waals surface area contributed by atoms with E-state index in [0.717, 1.165) is 11.9 Å². The maximum Gasteiger partial charge on any atom is 0.0827 e. The number of hydrogen-bond donors (Lipinski definition) is 1. The summed E-state index contributed by atoms with van der Waals surface area (Å²) in [5.41, 5.74) is 1.07. The third-order valence-corrected chi connectivity index (χ3v) is 2.50. The standard InChI is InChI=1S/C11H25NO/c1-3-4-5-6-7-8-9-10-11(2)12-13/h11H,3-10,12H2,1-2H3. The highest BCUT2D eigenvalue weighted by molar-refractivity contribution is 4.49. The molecule has 0 spiro atoms. The molecule has 2 N–H and O–H groups in total. The predicted octanol–water partition coefficient (Wildman–Crippen LogP) is 2.58. The minimum Gasteiger partial charge on any atom is -0.636 e. The summed E-state index contributed by atoms with van der Waals surface area (Å²) in [6, 6.07) is 0.274. The highest BCUT2D eigenvalue weighted by Gasteiger charge is 1.98. The van der Waals surface area contributed by atoms with Gasteiger partial charge in [-0.2, -0.15) is 0 Å². The molecule has 0 radical (unpaired) electrons. The van der Waals surface area contributed by atoms with Gasteiger partial charge >= 0.3 is 0 Å². The van der Waals surface area contributed by atoms with Crippen LogP contribution in [0.3, 0.4) is 0 Å². The van der Waals surface area contributed by atoms with Crippen LogP contribution in [0.15, 0.2) is 0 Å². The molecule has 0 amide bonds. The molecule has 0 saturated carbocycles. The highest BCUT2D eigenvalue weighted by atomic mass is 16.5. The van der Waals surface area contributed by atoms with Crippen molar-refractivity contribution in [1.82, 2.24) is 0 Å². The van der Waals surface area contributed by atoms with E-state index in [1.165, 1.54) is 44.9 Å². The Hall–Kier alpha value is -0.0800.